The van der Waals surface area contributed by atoms with Gasteiger partial charge in [-0.3, -0.25) is 9.59 Å². The van der Waals surface area contributed by atoms with E-state index in [1.54, 1.807) is 6.08 Å². The lowest BCUT2D eigenvalue weighted by Crippen LogP contribution is -2.24. The summed E-state index contributed by atoms with van der Waals surface area (Å²) in [5.41, 5.74) is 1.51. The monoisotopic (exact) mass is 346 g/mol. The van der Waals surface area contributed by atoms with E-state index < -0.39 is 10.9 Å². The van der Waals surface area contributed by atoms with Gasteiger partial charge in [0.15, 0.2) is 0 Å². The smallest absolute Gasteiger partial charge is 0.314 e. The number of carbonyl (C=O) groups excluding carboxylic acids is 2. The van der Waals surface area contributed by atoms with Gasteiger partial charge in [-0.2, -0.15) is 0 Å². The molecule has 0 N–H and O–H groups in total. The van der Waals surface area contributed by atoms with E-state index in [9.17, 15) is 9.59 Å². The molecule has 124 valence electrons. The van der Waals surface area contributed by atoms with Crippen LogP contribution in [0.5, 0.6) is 0 Å². The number of ether oxygens (including phenoxy) is 1. The maximum Gasteiger partial charge on any atom is 0.314 e. The van der Waals surface area contributed by atoms with Crippen LogP contribution in [0.1, 0.15) is 47.5 Å². The first-order valence-electron chi connectivity index (χ1n) is 7.48. The van der Waals surface area contributed by atoms with E-state index in [0.717, 1.165) is 17.6 Å². The minimum Gasteiger partial charge on any atom is -0.457 e. The van der Waals surface area contributed by atoms with Gasteiger partial charge in [0, 0.05) is 11.8 Å². The molecule has 0 amide bonds. The standard InChI is InChI=1S/C17H24Cl2O3/c1-6-7-10(2)13(8-11(3)20)22-16(21)15-12(9-14(18)19)17(15,4)5/h7,9,13-15H,6,8H2,1-5H3. The van der Waals surface area contributed by atoms with Crippen molar-refractivity contribution in [3.8, 4) is 0 Å². The lowest BCUT2D eigenvalue weighted by Gasteiger charge is -2.18. The van der Waals surface area contributed by atoms with Gasteiger partial charge in [0.05, 0.1) is 5.92 Å². The molecule has 0 aromatic rings. The molecule has 0 radical (unpaired) electrons. The predicted molar refractivity (Wildman–Crippen MR) is 90.1 cm³/mol. The Hall–Kier alpha value is -0.800. The second kappa shape index (κ2) is 7.65. The second-order valence-electron chi connectivity index (χ2n) is 6.30. The Kier molecular flexibility index (Phi) is 6.69. The van der Waals surface area contributed by atoms with E-state index in [1.165, 1.54) is 6.92 Å². The molecule has 0 aromatic heterocycles. The third-order valence-corrected chi connectivity index (χ3v) is 4.25. The highest BCUT2D eigenvalue weighted by atomic mass is 35.5. The molecule has 0 aliphatic heterocycles. The fraction of sp³-hybridized carbons (Fsp3) is 0.647. The molecule has 1 rings (SSSR count). The lowest BCUT2D eigenvalue weighted by molar-refractivity contribution is -0.150. The van der Waals surface area contributed by atoms with Gasteiger partial charge in [-0.25, -0.2) is 0 Å². The largest absolute Gasteiger partial charge is 0.457 e. The van der Waals surface area contributed by atoms with Crippen molar-refractivity contribution >= 4 is 35.0 Å². The van der Waals surface area contributed by atoms with Crippen LogP contribution in [0.15, 0.2) is 23.3 Å². The van der Waals surface area contributed by atoms with Crippen molar-refractivity contribution in [2.75, 3.05) is 0 Å². The molecule has 22 heavy (non-hydrogen) atoms. The summed E-state index contributed by atoms with van der Waals surface area (Å²) in [4.78, 5) is 23.2. The van der Waals surface area contributed by atoms with Gasteiger partial charge in [-0.15, -0.1) is 23.2 Å². The predicted octanol–water partition coefficient (Wildman–Crippen LogP) is 4.62. The van der Waals surface area contributed by atoms with Gasteiger partial charge >= 0.3 is 5.97 Å². The van der Waals surface area contributed by atoms with Crippen molar-refractivity contribution in [1.29, 1.82) is 0 Å². The Morgan fingerprint density at radius 1 is 1.32 bits per heavy atom. The maximum atomic E-state index is 12.4. The molecule has 1 aliphatic carbocycles. The van der Waals surface area contributed by atoms with Crippen molar-refractivity contribution in [2.24, 2.45) is 11.3 Å². The van der Waals surface area contributed by atoms with E-state index in [1.807, 2.05) is 33.8 Å². The minimum atomic E-state index is -0.637. The highest BCUT2D eigenvalue weighted by molar-refractivity contribution is 6.45. The van der Waals surface area contributed by atoms with Crippen LogP contribution >= 0.6 is 23.2 Å². The van der Waals surface area contributed by atoms with Crippen LogP contribution in [0.2, 0.25) is 0 Å². The van der Waals surface area contributed by atoms with Gasteiger partial charge in [0.25, 0.3) is 0 Å². The SMILES string of the molecule is CCC=C(C)C(CC(C)=O)OC(=O)C1C(=CC(Cl)Cl)C1(C)C. The summed E-state index contributed by atoms with van der Waals surface area (Å²) in [6.07, 6.45) is 4.20. The number of hydrogen-bond donors (Lipinski definition) is 0. The molecular weight excluding hydrogens is 323 g/mol. The molecule has 2 atom stereocenters. The van der Waals surface area contributed by atoms with E-state index in [0.29, 0.717) is 0 Å². The molecule has 0 aromatic carbocycles. The highest BCUT2D eigenvalue weighted by Gasteiger charge is 2.58. The zero-order valence-corrected chi connectivity index (χ0v) is 15.3. The number of halogens is 2. The first kappa shape index (κ1) is 19.2. The van der Waals surface area contributed by atoms with Crippen molar-refractivity contribution in [3.63, 3.8) is 0 Å². The van der Waals surface area contributed by atoms with E-state index >= 15 is 0 Å². The lowest BCUT2D eigenvalue weighted by atomic mass is 10.0. The zero-order valence-electron chi connectivity index (χ0n) is 13.8. The van der Waals surface area contributed by atoms with E-state index in [2.05, 4.69) is 0 Å². The molecule has 0 heterocycles. The number of rotatable bonds is 7. The molecule has 1 aliphatic rings. The van der Waals surface area contributed by atoms with Crippen molar-refractivity contribution in [1.82, 2.24) is 0 Å². The Morgan fingerprint density at radius 2 is 1.91 bits per heavy atom. The normalized spacial score (nSPS) is 23.5. The number of ketones is 1. The number of allylic oxidation sites excluding steroid dienone is 2. The first-order chi connectivity index (χ1) is 10.1. The average Bonchev–Trinajstić information content (AvgIpc) is 2.88. The van der Waals surface area contributed by atoms with Crippen LogP contribution in [0.3, 0.4) is 0 Å². The van der Waals surface area contributed by atoms with E-state index in [4.69, 9.17) is 27.9 Å². The number of hydrogen-bond acceptors (Lipinski definition) is 3. The molecule has 1 saturated carbocycles. The van der Waals surface area contributed by atoms with Crippen LogP contribution in [-0.4, -0.2) is 22.7 Å². The van der Waals surface area contributed by atoms with Crippen LogP contribution < -0.4 is 0 Å². The number of esters is 1. The van der Waals surface area contributed by atoms with Crippen LogP contribution in [-0.2, 0) is 14.3 Å². The minimum absolute atomic E-state index is 0.00550. The summed E-state index contributed by atoms with van der Waals surface area (Å²) in [6, 6.07) is 0. The number of carbonyl (C=O) groups is 2. The molecule has 0 bridgehead atoms. The molecule has 0 saturated heterocycles. The third kappa shape index (κ3) is 4.85. The second-order valence-corrected chi connectivity index (χ2v) is 7.46. The summed E-state index contributed by atoms with van der Waals surface area (Å²) in [5, 5.41) is 0. The topological polar surface area (TPSA) is 43.4 Å². The van der Waals surface area contributed by atoms with Crippen LogP contribution in [0, 0.1) is 11.3 Å². The Balaban J connectivity index is 2.85. The summed E-state index contributed by atoms with van der Waals surface area (Å²) >= 11 is 11.5. The van der Waals surface area contributed by atoms with E-state index in [-0.39, 0.29) is 29.5 Å². The highest BCUT2D eigenvalue weighted by Crippen LogP contribution is 2.58. The third-order valence-electron chi connectivity index (χ3n) is 4.00. The summed E-state index contributed by atoms with van der Waals surface area (Å²) < 4.78 is 5.59. The molecule has 5 heteroatoms. The van der Waals surface area contributed by atoms with Crippen molar-refractivity contribution < 1.29 is 14.3 Å². The van der Waals surface area contributed by atoms with Crippen molar-refractivity contribution in [3.05, 3.63) is 23.3 Å². The first-order valence-corrected chi connectivity index (χ1v) is 8.35. The zero-order chi connectivity index (χ0) is 17.1. The number of Topliss-reactive ketones (excluding diaryl/α,β-unsaturated/α-hetero) is 1. The molecular formula is C17H24Cl2O3. The van der Waals surface area contributed by atoms with Crippen LogP contribution in [0.25, 0.3) is 0 Å². The fourth-order valence-electron chi connectivity index (χ4n) is 2.67. The Bertz CT molecular complexity index is 504. The number of alkyl halides is 2. The van der Waals surface area contributed by atoms with Gasteiger partial charge < -0.3 is 4.74 Å². The summed E-state index contributed by atoms with van der Waals surface area (Å²) in [6.45, 7) is 9.29. The van der Waals surface area contributed by atoms with Gasteiger partial charge in [0.1, 0.15) is 16.7 Å². The van der Waals surface area contributed by atoms with Crippen LogP contribution in [0.4, 0.5) is 0 Å². The molecule has 2 unspecified atom stereocenters. The fourth-order valence-corrected chi connectivity index (χ4v) is 2.94. The van der Waals surface area contributed by atoms with Gasteiger partial charge in [-0.05, 0) is 31.4 Å². The summed E-state index contributed by atoms with van der Waals surface area (Å²) in [7, 11) is 0. The molecule has 0 spiro atoms. The maximum absolute atomic E-state index is 12.4. The van der Waals surface area contributed by atoms with Gasteiger partial charge in [0.2, 0.25) is 0 Å². The van der Waals surface area contributed by atoms with Crippen molar-refractivity contribution in [2.45, 2.75) is 58.4 Å². The average molecular weight is 347 g/mol. The Morgan fingerprint density at radius 3 is 2.36 bits per heavy atom. The molecule has 3 nitrogen and oxygen atoms in total. The Labute approximate surface area is 142 Å². The molecule has 1 fully saturated rings. The quantitative estimate of drug-likeness (QED) is 0.383. The summed E-state index contributed by atoms with van der Waals surface area (Å²) in [5.74, 6) is -0.661. The van der Waals surface area contributed by atoms with Gasteiger partial charge in [-0.1, -0.05) is 32.9 Å².